The van der Waals surface area contributed by atoms with Crippen LogP contribution in [0.2, 0.25) is 0 Å². The Kier molecular flexibility index (Phi) is 4.16. The highest BCUT2D eigenvalue weighted by Crippen LogP contribution is 2.53. The molecule has 3 heteroatoms. The summed E-state index contributed by atoms with van der Waals surface area (Å²) in [4.78, 5) is 12.2. The molecule has 0 spiro atoms. The van der Waals surface area contributed by atoms with Gasteiger partial charge in [-0.15, -0.1) is 0 Å². The highest BCUT2D eigenvalue weighted by Gasteiger charge is 2.50. The number of hydrogen-bond donors (Lipinski definition) is 0. The van der Waals surface area contributed by atoms with Gasteiger partial charge in [0.25, 0.3) is 0 Å². The van der Waals surface area contributed by atoms with Crippen molar-refractivity contribution in [2.24, 2.45) is 17.3 Å². The standard InChI is InChI=1S/C20H28O3/c1-6-12(2)19(21)23-17-8-7-15-9-18-16(13(3)11-22-18)10-20(15,5)14(17)4/h6,11,14-15,17H,7-10H2,1-5H3/b12-6-/t14-,15+,17-,20-/m0/s1. The van der Waals surface area contributed by atoms with E-state index in [4.69, 9.17) is 9.15 Å². The van der Waals surface area contributed by atoms with Gasteiger partial charge in [0, 0.05) is 12.0 Å². The maximum Gasteiger partial charge on any atom is 0.333 e. The van der Waals surface area contributed by atoms with Crippen LogP contribution in [-0.2, 0) is 22.4 Å². The molecule has 4 atom stereocenters. The molecule has 0 radical (unpaired) electrons. The number of carbonyl (C=O) groups excluding carboxylic acids is 1. The average Bonchev–Trinajstić information content (AvgIpc) is 2.88. The van der Waals surface area contributed by atoms with Crippen molar-refractivity contribution < 1.29 is 13.9 Å². The fourth-order valence-electron chi connectivity index (χ4n) is 4.43. The van der Waals surface area contributed by atoms with Gasteiger partial charge in [-0.2, -0.15) is 0 Å². The van der Waals surface area contributed by atoms with E-state index >= 15 is 0 Å². The van der Waals surface area contributed by atoms with E-state index in [1.54, 1.807) is 0 Å². The van der Waals surface area contributed by atoms with E-state index < -0.39 is 0 Å². The quantitative estimate of drug-likeness (QED) is 0.590. The molecule has 23 heavy (non-hydrogen) atoms. The molecule has 1 heterocycles. The number of allylic oxidation sites excluding steroid dienone is 1. The van der Waals surface area contributed by atoms with Crippen LogP contribution in [0.15, 0.2) is 22.3 Å². The van der Waals surface area contributed by atoms with Crippen LogP contribution in [0.4, 0.5) is 0 Å². The molecule has 3 rings (SSSR count). The van der Waals surface area contributed by atoms with Crippen molar-refractivity contribution in [2.45, 2.75) is 66.4 Å². The van der Waals surface area contributed by atoms with E-state index in [0.717, 1.165) is 25.7 Å². The molecule has 2 aliphatic carbocycles. The lowest BCUT2D eigenvalue weighted by Crippen LogP contribution is -2.50. The fourth-order valence-corrected chi connectivity index (χ4v) is 4.43. The topological polar surface area (TPSA) is 39.4 Å². The maximum atomic E-state index is 12.2. The van der Waals surface area contributed by atoms with Gasteiger partial charge in [0.1, 0.15) is 11.9 Å². The predicted octanol–water partition coefficient (Wildman–Crippen LogP) is 4.62. The van der Waals surface area contributed by atoms with Crippen LogP contribution < -0.4 is 0 Å². The van der Waals surface area contributed by atoms with Crippen molar-refractivity contribution in [1.82, 2.24) is 0 Å². The van der Waals surface area contributed by atoms with Crippen molar-refractivity contribution in [3.05, 3.63) is 34.8 Å². The third kappa shape index (κ3) is 2.64. The Bertz CT molecular complexity index is 639. The van der Waals surface area contributed by atoms with Crippen LogP contribution in [0, 0.1) is 24.2 Å². The lowest BCUT2D eigenvalue weighted by molar-refractivity contribution is -0.156. The molecule has 0 N–H and O–H groups in total. The van der Waals surface area contributed by atoms with Crippen LogP contribution in [0.1, 0.15) is 57.4 Å². The van der Waals surface area contributed by atoms with Crippen LogP contribution in [0.5, 0.6) is 0 Å². The van der Waals surface area contributed by atoms with Gasteiger partial charge in [0.15, 0.2) is 0 Å². The normalized spacial score (nSPS) is 33.8. The van der Waals surface area contributed by atoms with Crippen molar-refractivity contribution in [1.29, 1.82) is 0 Å². The summed E-state index contributed by atoms with van der Waals surface area (Å²) in [6.07, 6.45) is 7.86. The third-order valence-corrected chi connectivity index (χ3v) is 6.52. The Labute approximate surface area is 139 Å². The first-order valence-electron chi connectivity index (χ1n) is 8.76. The molecule has 2 aliphatic rings. The van der Waals surface area contributed by atoms with Crippen molar-refractivity contribution in [3.63, 3.8) is 0 Å². The summed E-state index contributed by atoms with van der Waals surface area (Å²) < 4.78 is 11.6. The van der Waals surface area contributed by atoms with Crippen LogP contribution in [0.3, 0.4) is 0 Å². The zero-order chi connectivity index (χ0) is 16.8. The highest BCUT2D eigenvalue weighted by molar-refractivity contribution is 5.87. The minimum Gasteiger partial charge on any atom is -0.469 e. The molecular formula is C20H28O3. The first-order chi connectivity index (χ1) is 10.9. The minimum atomic E-state index is -0.164. The highest BCUT2D eigenvalue weighted by atomic mass is 16.5. The average molecular weight is 316 g/mol. The lowest BCUT2D eigenvalue weighted by Gasteiger charge is -2.51. The molecule has 1 aromatic rings. The van der Waals surface area contributed by atoms with Crippen LogP contribution in [-0.4, -0.2) is 12.1 Å². The van der Waals surface area contributed by atoms with Gasteiger partial charge in [0.2, 0.25) is 0 Å². The van der Waals surface area contributed by atoms with Gasteiger partial charge in [0.05, 0.1) is 6.26 Å². The molecule has 1 fully saturated rings. The Balaban J connectivity index is 1.82. The molecule has 0 unspecified atom stereocenters. The summed E-state index contributed by atoms with van der Waals surface area (Å²) in [5.41, 5.74) is 3.51. The summed E-state index contributed by atoms with van der Waals surface area (Å²) >= 11 is 0. The largest absolute Gasteiger partial charge is 0.469 e. The smallest absolute Gasteiger partial charge is 0.333 e. The Morgan fingerprint density at radius 1 is 1.43 bits per heavy atom. The van der Waals surface area contributed by atoms with Gasteiger partial charge < -0.3 is 9.15 Å². The molecule has 0 saturated heterocycles. The second-order valence-corrected chi connectivity index (χ2v) is 7.69. The number of aryl methyl sites for hydroxylation is 1. The maximum absolute atomic E-state index is 12.2. The monoisotopic (exact) mass is 316 g/mol. The summed E-state index contributed by atoms with van der Waals surface area (Å²) in [7, 11) is 0. The molecule has 3 nitrogen and oxygen atoms in total. The van der Waals surface area contributed by atoms with Crippen LogP contribution >= 0.6 is 0 Å². The number of carbonyl (C=O) groups is 1. The summed E-state index contributed by atoms with van der Waals surface area (Å²) in [6, 6.07) is 0. The van der Waals surface area contributed by atoms with Gasteiger partial charge in [-0.3, -0.25) is 0 Å². The molecule has 126 valence electrons. The van der Waals surface area contributed by atoms with E-state index in [-0.39, 0.29) is 17.5 Å². The second kappa shape index (κ2) is 5.85. The zero-order valence-corrected chi connectivity index (χ0v) is 14.9. The van der Waals surface area contributed by atoms with Crippen molar-refractivity contribution in [2.75, 3.05) is 0 Å². The van der Waals surface area contributed by atoms with Gasteiger partial charge in [-0.25, -0.2) is 4.79 Å². The van der Waals surface area contributed by atoms with Gasteiger partial charge in [-0.05, 0) is 68.4 Å². The van der Waals surface area contributed by atoms with Gasteiger partial charge in [-0.1, -0.05) is 19.9 Å². The second-order valence-electron chi connectivity index (χ2n) is 7.69. The Morgan fingerprint density at radius 2 is 2.17 bits per heavy atom. The van der Waals surface area contributed by atoms with Crippen molar-refractivity contribution in [3.8, 4) is 0 Å². The molecule has 0 bridgehead atoms. The SMILES string of the molecule is C/C=C(/C)C(=O)O[C@H]1CC[C@@H]2Cc3occ(C)c3C[C@@]2(C)[C@H]1C. The predicted molar refractivity (Wildman–Crippen MR) is 90.2 cm³/mol. The molecule has 0 aliphatic heterocycles. The number of fused-ring (bicyclic) bond motifs is 2. The number of rotatable bonds is 2. The van der Waals surface area contributed by atoms with E-state index in [9.17, 15) is 4.79 Å². The molecule has 1 aromatic heterocycles. The third-order valence-electron chi connectivity index (χ3n) is 6.52. The van der Waals surface area contributed by atoms with E-state index in [1.165, 1.54) is 16.9 Å². The fraction of sp³-hybridized carbons (Fsp3) is 0.650. The van der Waals surface area contributed by atoms with E-state index in [1.807, 2.05) is 26.2 Å². The molecule has 1 saturated carbocycles. The number of esters is 1. The Morgan fingerprint density at radius 3 is 2.87 bits per heavy atom. The van der Waals surface area contributed by atoms with Crippen molar-refractivity contribution >= 4 is 5.97 Å². The summed E-state index contributed by atoms with van der Waals surface area (Å²) in [5, 5.41) is 0. The number of hydrogen-bond acceptors (Lipinski definition) is 3. The number of furan rings is 1. The molecular weight excluding hydrogens is 288 g/mol. The first-order valence-corrected chi connectivity index (χ1v) is 8.76. The Hall–Kier alpha value is -1.51. The van der Waals surface area contributed by atoms with E-state index in [0.29, 0.717) is 17.4 Å². The van der Waals surface area contributed by atoms with Gasteiger partial charge >= 0.3 is 5.97 Å². The lowest BCUT2D eigenvalue weighted by atomic mass is 9.55. The zero-order valence-electron chi connectivity index (χ0n) is 14.9. The first kappa shape index (κ1) is 16.4. The number of ether oxygens (including phenoxy) is 1. The van der Waals surface area contributed by atoms with Crippen LogP contribution in [0.25, 0.3) is 0 Å². The minimum absolute atomic E-state index is 0.0207. The summed E-state index contributed by atoms with van der Waals surface area (Å²) in [6.45, 7) is 10.5. The molecule has 0 amide bonds. The molecule has 0 aromatic carbocycles. The summed E-state index contributed by atoms with van der Waals surface area (Å²) in [5.74, 6) is 1.99. The van der Waals surface area contributed by atoms with E-state index in [2.05, 4.69) is 20.8 Å².